The molecular formula is C25H27N5O. The lowest BCUT2D eigenvalue weighted by Crippen LogP contribution is -2.64. The second-order valence-corrected chi connectivity index (χ2v) is 10.0. The van der Waals surface area contributed by atoms with Crippen molar-refractivity contribution < 1.29 is 4.79 Å². The van der Waals surface area contributed by atoms with E-state index in [4.69, 9.17) is 0 Å². The Morgan fingerprint density at radius 2 is 1.97 bits per heavy atom. The van der Waals surface area contributed by atoms with Crippen LogP contribution in [0.4, 0.5) is 0 Å². The van der Waals surface area contributed by atoms with Crippen LogP contribution in [0.5, 0.6) is 0 Å². The number of hydrogen-bond donors (Lipinski definition) is 1. The quantitative estimate of drug-likeness (QED) is 0.508. The summed E-state index contributed by atoms with van der Waals surface area (Å²) in [7, 11) is 2.04. The first-order chi connectivity index (χ1) is 14.8. The van der Waals surface area contributed by atoms with Crippen LogP contribution in [-0.2, 0) is 18.9 Å². The molecule has 1 fully saturated rings. The summed E-state index contributed by atoms with van der Waals surface area (Å²) in [5, 5.41) is 0. The van der Waals surface area contributed by atoms with Crippen molar-refractivity contribution in [1.29, 1.82) is 0 Å². The van der Waals surface area contributed by atoms with Crippen molar-refractivity contribution in [2.45, 2.75) is 45.1 Å². The number of benzene rings is 2. The lowest BCUT2D eigenvalue weighted by Gasteiger charge is -2.60. The molecule has 0 unspecified atom stereocenters. The molecule has 1 aliphatic carbocycles. The van der Waals surface area contributed by atoms with Gasteiger partial charge in [-0.1, -0.05) is 20.8 Å². The number of amides is 1. The Balaban J connectivity index is 1.45. The van der Waals surface area contributed by atoms with Gasteiger partial charge in [0.15, 0.2) is 0 Å². The van der Waals surface area contributed by atoms with Crippen LogP contribution < -0.4 is 0 Å². The van der Waals surface area contributed by atoms with E-state index in [9.17, 15) is 4.79 Å². The highest BCUT2D eigenvalue weighted by atomic mass is 16.2. The van der Waals surface area contributed by atoms with Gasteiger partial charge in [-0.05, 0) is 59.7 Å². The first-order valence-corrected chi connectivity index (χ1v) is 11.0. The summed E-state index contributed by atoms with van der Waals surface area (Å²) in [6.45, 7) is 7.82. The minimum absolute atomic E-state index is 0.00106. The van der Waals surface area contributed by atoms with Gasteiger partial charge >= 0.3 is 0 Å². The number of nitrogens with one attached hydrogen (secondary N) is 1. The van der Waals surface area contributed by atoms with E-state index >= 15 is 0 Å². The fourth-order valence-electron chi connectivity index (χ4n) is 6.01. The molecule has 1 N–H and O–H groups in total. The third kappa shape index (κ3) is 2.36. The highest BCUT2D eigenvalue weighted by Gasteiger charge is 2.57. The highest BCUT2D eigenvalue weighted by molar-refractivity contribution is 5.97. The van der Waals surface area contributed by atoms with Gasteiger partial charge in [-0.25, -0.2) is 9.97 Å². The molecular weight excluding hydrogens is 386 g/mol. The van der Waals surface area contributed by atoms with Crippen molar-refractivity contribution >= 4 is 28.0 Å². The Hall–Kier alpha value is -3.15. The predicted molar refractivity (Wildman–Crippen MR) is 121 cm³/mol. The lowest BCUT2D eigenvalue weighted by molar-refractivity contribution is -0.0261. The van der Waals surface area contributed by atoms with Gasteiger partial charge in [0.2, 0.25) is 0 Å². The molecule has 0 saturated carbocycles. The van der Waals surface area contributed by atoms with Gasteiger partial charge in [-0.3, -0.25) is 4.79 Å². The minimum atomic E-state index is -0.0472. The van der Waals surface area contributed by atoms with Gasteiger partial charge < -0.3 is 14.5 Å². The maximum absolute atomic E-state index is 13.7. The molecule has 0 radical (unpaired) electrons. The fourth-order valence-corrected chi connectivity index (χ4v) is 6.01. The van der Waals surface area contributed by atoms with E-state index in [0.29, 0.717) is 0 Å². The van der Waals surface area contributed by atoms with Crippen LogP contribution in [0, 0.1) is 5.41 Å². The van der Waals surface area contributed by atoms with Gasteiger partial charge in [0, 0.05) is 30.6 Å². The SMILES string of the molecule is Cn1cnc2cc3c(cc21)C[C@H]1N(C(=O)c2ccc4nc[nH]c4c2)CC[C@]3(C)C1(C)C. The molecule has 1 saturated heterocycles. The number of piperidine rings is 1. The molecule has 2 atom stereocenters. The zero-order chi connectivity index (χ0) is 21.5. The van der Waals surface area contributed by atoms with E-state index in [-0.39, 0.29) is 22.8 Å². The number of H-pyrrole nitrogens is 1. The average Bonchev–Trinajstić information content (AvgIpc) is 3.35. The second-order valence-electron chi connectivity index (χ2n) is 10.0. The van der Waals surface area contributed by atoms with E-state index in [2.05, 4.69) is 57.3 Å². The molecule has 6 nitrogen and oxygen atoms in total. The molecule has 1 aliphatic heterocycles. The second kappa shape index (κ2) is 5.96. The molecule has 2 bridgehead atoms. The maximum Gasteiger partial charge on any atom is 0.254 e. The largest absolute Gasteiger partial charge is 0.345 e. The van der Waals surface area contributed by atoms with Crippen LogP contribution >= 0.6 is 0 Å². The van der Waals surface area contributed by atoms with E-state index in [1.54, 1.807) is 6.33 Å². The topological polar surface area (TPSA) is 66.8 Å². The van der Waals surface area contributed by atoms with E-state index in [0.717, 1.165) is 47.0 Å². The van der Waals surface area contributed by atoms with Crippen molar-refractivity contribution in [2.24, 2.45) is 12.5 Å². The van der Waals surface area contributed by atoms with Crippen LogP contribution in [0.3, 0.4) is 0 Å². The predicted octanol–water partition coefficient (Wildman–Crippen LogP) is 4.20. The molecule has 6 heteroatoms. The van der Waals surface area contributed by atoms with Gasteiger partial charge in [0.25, 0.3) is 5.91 Å². The number of likely N-dealkylation sites (tertiary alicyclic amines) is 1. The normalized spacial score (nSPS) is 24.5. The zero-order valence-electron chi connectivity index (χ0n) is 18.4. The van der Waals surface area contributed by atoms with Crippen molar-refractivity contribution in [1.82, 2.24) is 24.4 Å². The van der Waals surface area contributed by atoms with Crippen molar-refractivity contribution in [3.05, 3.63) is 59.7 Å². The summed E-state index contributed by atoms with van der Waals surface area (Å²) < 4.78 is 2.08. The van der Waals surface area contributed by atoms with Gasteiger partial charge in [0.1, 0.15) is 0 Å². The van der Waals surface area contributed by atoms with Crippen LogP contribution in [0.25, 0.3) is 22.1 Å². The third-order valence-corrected chi connectivity index (χ3v) is 8.37. The Labute approximate surface area is 181 Å². The van der Waals surface area contributed by atoms with Gasteiger partial charge in [-0.15, -0.1) is 0 Å². The van der Waals surface area contributed by atoms with Crippen molar-refractivity contribution in [2.75, 3.05) is 6.54 Å². The summed E-state index contributed by atoms with van der Waals surface area (Å²) >= 11 is 0. The van der Waals surface area contributed by atoms with Crippen LogP contribution in [-0.4, -0.2) is 42.9 Å². The Bertz CT molecular complexity index is 1360. The number of aryl methyl sites for hydroxylation is 1. The molecule has 158 valence electrons. The van der Waals surface area contributed by atoms with E-state index in [1.165, 1.54) is 11.1 Å². The van der Waals surface area contributed by atoms with Crippen LogP contribution in [0.15, 0.2) is 43.0 Å². The molecule has 2 aromatic carbocycles. The van der Waals surface area contributed by atoms with Gasteiger partial charge in [0.05, 0.1) is 34.7 Å². The van der Waals surface area contributed by atoms with E-state index < -0.39 is 0 Å². The summed E-state index contributed by atoms with van der Waals surface area (Å²) in [5.41, 5.74) is 7.44. The summed E-state index contributed by atoms with van der Waals surface area (Å²) in [6.07, 6.45) is 5.37. The zero-order valence-corrected chi connectivity index (χ0v) is 18.4. The molecule has 2 aliphatic rings. The minimum Gasteiger partial charge on any atom is -0.345 e. The molecule has 31 heavy (non-hydrogen) atoms. The van der Waals surface area contributed by atoms with Crippen LogP contribution in [0.1, 0.15) is 48.7 Å². The summed E-state index contributed by atoms with van der Waals surface area (Å²) in [4.78, 5) is 27.8. The number of carbonyl (C=O) groups is 1. The number of rotatable bonds is 1. The molecule has 1 amide bonds. The summed E-state index contributed by atoms with van der Waals surface area (Å²) in [6, 6.07) is 10.5. The molecule has 4 aromatic rings. The molecule has 0 spiro atoms. The monoisotopic (exact) mass is 413 g/mol. The smallest absolute Gasteiger partial charge is 0.254 e. The molecule has 6 rings (SSSR count). The Morgan fingerprint density at radius 3 is 2.81 bits per heavy atom. The van der Waals surface area contributed by atoms with Crippen LogP contribution in [0.2, 0.25) is 0 Å². The highest BCUT2D eigenvalue weighted by Crippen LogP contribution is 2.56. The average molecular weight is 414 g/mol. The number of aromatic nitrogens is 4. The number of hydrogen-bond acceptors (Lipinski definition) is 3. The number of imidazole rings is 2. The van der Waals surface area contributed by atoms with Crippen molar-refractivity contribution in [3.8, 4) is 0 Å². The lowest BCUT2D eigenvalue weighted by atomic mass is 9.51. The third-order valence-electron chi connectivity index (χ3n) is 8.37. The van der Waals surface area contributed by atoms with E-state index in [1.807, 2.05) is 31.6 Å². The maximum atomic E-state index is 13.7. The number of nitrogens with zero attached hydrogens (tertiary/aromatic N) is 4. The summed E-state index contributed by atoms with van der Waals surface area (Å²) in [5.74, 6) is 0.113. The fraction of sp³-hybridized carbons (Fsp3) is 0.400. The Kier molecular flexibility index (Phi) is 3.58. The molecule has 3 heterocycles. The standard InChI is InChI=1S/C25H27N5O/c1-24(2)22-11-16-10-21-20(28-14-29(21)4)12-17(16)25(24,3)7-8-30(22)23(31)15-5-6-18-19(9-15)27-13-26-18/h5-6,9-10,12-14,22H,7-8,11H2,1-4H3,(H,26,27)/t22-,25+/m1/s1. The molecule has 2 aromatic heterocycles. The van der Waals surface area contributed by atoms with Gasteiger partial charge in [-0.2, -0.15) is 0 Å². The van der Waals surface area contributed by atoms with Crippen molar-refractivity contribution in [3.63, 3.8) is 0 Å². The first-order valence-electron chi connectivity index (χ1n) is 11.0. The number of aromatic amines is 1. The number of fused-ring (bicyclic) bond motifs is 6. The Morgan fingerprint density at radius 1 is 1.13 bits per heavy atom. The number of carbonyl (C=O) groups excluding carboxylic acids is 1. The first kappa shape index (κ1) is 18.6.